The summed E-state index contributed by atoms with van der Waals surface area (Å²) in [5.74, 6) is 6.02. The first-order chi connectivity index (χ1) is 30.0. The third-order valence-electron chi connectivity index (χ3n) is 10.7. The Hall–Kier alpha value is -4.98. The molecule has 0 saturated heterocycles. The Labute approximate surface area is 389 Å². The van der Waals surface area contributed by atoms with E-state index in [4.69, 9.17) is 0 Å². The molecule has 8 heteroatoms. The van der Waals surface area contributed by atoms with E-state index >= 15 is 0 Å². The van der Waals surface area contributed by atoms with Crippen molar-refractivity contribution in [3.05, 3.63) is 142 Å². The second kappa shape index (κ2) is 27.4. The maximum atomic E-state index is 4.56. The van der Waals surface area contributed by atoms with Crippen LogP contribution in [0.25, 0.3) is 11.0 Å². The Bertz CT molecular complexity index is 1790. The molecule has 0 atom stereocenters. The van der Waals surface area contributed by atoms with Gasteiger partial charge in [-0.05, 0) is 118 Å². The maximum Gasteiger partial charge on any atom is 0.159 e. The van der Waals surface area contributed by atoms with E-state index in [2.05, 4.69) is 233 Å². The van der Waals surface area contributed by atoms with Crippen LogP contribution < -0.4 is 0 Å². The van der Waals surface area contributed by atoms with Crippen LogP contribution in [-0.4, -0.2) is 40.1 Å². The molecule has 64 heavy (non-hydrogen) atoms. The summed E-state index contributed by atoms with van der Waals surface area (Å²) in [6.07, 6.45) is 9.75. The summed E-state index contributed by atoms with van der Waals surface area (Å²) in [6, 6.07) is 19.1. The van der Waals surface area contributed by atoms with E-state index in [1.807, 2.05) is 31.0 Å². The van der Waals surface area contributed by atoms with Gasteiger partial charge in [-0.2, -0.15) is 10.2 Å². The fourth-order valence-corrected chi connectivity index (χ4v) is 5.79. The summed E-state index contributed by atoms with van der Waals surface area (Å²) in [6.45, 7) is 43.1. The fraction of sp³-hybridized carbons (Fsp3) is 0.536. The zero-order valence-corrected chi connectivity index (χ0v) is 43.4. The molecular formula is C56H84N8. The van der Waals surface area contributed by atoms with Crippen LogP contribution in [0.1, 0.15) is 254 Å². The van der Waals surface area contributed by atoms with Crippen LogP contribution in [0.5, 0.6) is 0 Å². The number of hydrogen-bond acceptors (Lipinski definition) is 8. The van der Waals surface area contributed by atoms with Crippen LogP contribution in [0.2, 0.25) is 0 Å². The molecule has 8 nitrogen and oxygen atoms in total. The Morgan fingerprint density at radius 3 is 0.938 bits per heavy atom. The molecule has 0 N–H and O–H groups in total. The smallest absolute Gasteiger partial charge is 0.159 e. The molecule has 348 valence electrons. The minimum atomic E-state index is 0.422. The summed E-state index contributed by atoms with van der Waals surface area (Å²) >= 11 is 0. The van der Waals surface area contributed by atoms with Crippen LogP contribution in [0.3, 0.4) is 0 Å². The van der Waals surface area contributed by atoms with Crippen molar-refractivity contribution in [3.63, 3.8) is 0 Å². The van der Waals surface area contributed by atoms with E-state index in [1.54, 1.807) is 0 Å². The molecule has 6 aromatic rings. The molecule has 0 aromatic carbocycles. The van der Waals surface area contributed by atoms with E-state index in [0.717, 1.165) is 33.9 Å². The Balaban J connectivity index is 0.000000277. The van der Waals surface area contributed by atoms with Gasteiger partial charge >= 0.3 is 0 Å². The standard InChI is InChI=1S/C14H18N2.2C11H17N.2C10H16N2/c1-9(2)12-7-11-5-6-13(10(3)4)16-14(11)15-8-12;2*1-8(2)10-5-6-11(9(3)4)12-7-10;1-7(2)9-5-11-10(8(3)4)12-6-9;1-7(2)9-5-6-10(8(3)4)12-11-9/h5-10H,1-4H3;2*5-9H,1-4H3;2*5-8H,1-4H3. The number of rotatable bonds is 10. The summed E-state index contributed by atoms with van der Waals surface area (Å²) in [7, 11) is 0. The lowest BCUT2D eigenvalue weighted by Crippen LogP contribution is -1.99. The van der Waals surface area contributed by atoms with Crippen molar-refractivity contribution in [2.45, 2.75) is 198 Å². The summed E-state index contributed by atoms with van der Waals surface area (Å²) in [5.41, 5.74) is 11.6. The second-order valence-corrected chi connectivity index (χ2v) is 19.9. The van der Waals surface area contributed by atoms with Gasteiger partial charge in [-0.25, -0.2) is 19.9 Å². The first-order valence-corrected chi connectivity index (χ1v) is 23.9. The van der Waals surface area contributed by atoms with Crippen molar-refractivity contribution in [3.8, 4) is 0 Å². The number of fused-ring (bicyclic) bond motifs is 1. The Kier molecular flexibility index (Phi) is 23.6. The molecule has 0 fully saturated rings. The molecular weight excluding hydrogens is 785 g/mol. The third kappa shape index (κ3) is 19.0. The van der Waals surface area contributed by atoms with Crippen molar-refractivity contribution in [2.75, 3.05) is 0 Å². The zero-order valence-electron chi connectivity index (χ0n) is 43.4. The van der Waals surface area contributed by atoms with Gasteiger partial charge in [0, 0.05) is 59.4 Å². The lowest BCUT2D eigenvalue weighted by atomic mass is 10.0. The van der Waals surface area contributed by atoms with E-state index in [1.165, 1.54) is 33.6 Å². The summed E-state index contributed by atoms with van der Waals surface area (Å²) in [4.78, 5) is 26.4. The monoisotopic (exact) mass is 869 g/mol. The normalized spacial score (nSPS) is 11.3. The largest absolute Gasteiger partial charge is 0.261 e. The quantitative estimate of drug-likeness (QED) is 0.134. The molecule has 0 aliphatic carbocycles. The van der Waals surface area contributed by atoms with E-state index in [-0.39, 0.29) is 0 Å². The van der Waals surface area contributed by atoms with Gasteiger partial charge in [0.2, 0.25) is 0 Å². The average molecular weight is 869 g/mol. The Morgan fingerprint density at radius 1 is 0.281 bits per heavy atom. The molecule has 0 saturated carbocycles. The summed E-state index contributed by atoms with van der Waals surface area (Å²) < 4.78 is 0. The van der Waals surface area contributed by atoms with Crippen molar-refractivity contribution in [2.24, 2.45) is 0 Å². The molecule has 0 aliphatic heterocycles. The minimum Gasteiger partial charge on any atom is -0.261 e. The fourth-order valence-electron chi connectivity index (χ4n) is 5.79. The van der Waals surface area contributed by atoms with Gasteiger partial charge in [-0.1, -0.05) is 151 Å². The van der Waals surface area contributed by atoms with Gasteiger partial charge in [0.1, 0.15) is 5.82 Å². The van der Waals surface area contributed by atoms with Crippen molar-refractivity contribution < 1.29 is 0 Å². The van der Waals surface area contributed by atoms with Gasteiger partial charge in [0.15, 0.2) is 5.65 Å². The van der Waals surface area contributed by atoms with Gasteiger partial charge in [0.25, 0.3) is 0 Å². The van der Waals surface area contributed by atoms with E-state index < -0.39 is 0 Å². The number of hydrogen-bond donors (Lipinski definition) is 0. The van der Waals surface area contributed by atoms with Gasteiger partial charge in [0.05, 0.1) is 11.4 Å². The third-order valence-corrected chi connectivity index (χ3v) is 10.7. The highest BCUT2D eigenvalue weighted by Gasteiger charge is 2.08. The Morgan fingerprint density at radius 2 is 0.625 bits per heavy atom. The van der Waals surface area contributed by atoms with E-state index in [9.17, 15) is 0 Å². The predicted octanol–water partition coefficient (Wildman–Crippen LogP) is 16.0. The molecule has 0 radical (unpaired) electrons. The average Bonchev–Trinajstić information content (AvgIpc) is 3.26. The highest BCUT2D eigenvalue weighted by molar-refractivity contribution is 5.75. The first-order valence-electron chi connectivity index (χ1n) is 23.9. The van der Waals surface area contributed by atoms with Crippen molar-refractivity contribution in [1.82, 2.24) is 40.1 Å². The maximum absolute atomic E-state index is 4.56. The van der Waals surface area contributed by atoms with Crippen molar-refractivity contribution >= 4 is 11.0 Å². The number of nitrogens with zero attached hydrogens (tertiary/aromatic N) is 8. The van der Waals surface area contributed by atoms with Crippen molar-refractivity contribution in [1.29, 1.82) is 0 Å². The molecule has 6 rings (SSSR count). The molecule has 0 spiro atoms. The highest BCUT2D eigenvalue weighted by atomic mass is 15.1. The zero-order chi connectivity index (χ0) is 48.3. The minimum absolute atomic E-state index is 0.422. The lowest BCUT2D eigenvalue weighted by Gasteiger charge is -2.08. The molecule has 0 bridgehead atoms. The molecule has 0 aliphatic rings. The molecule has 0 amide bonds. The van der Waals surface area contributed by atoms with Crippen LogP contribution in [0, 0.1) is 0 Å². The number of aromatic nitrogens is 8. The van der Waals surface area contributed by atoms with Crippen LogP contribution in [0.15, 0.2) is 85.6 Å². The van der Waals surface area contributed by atoms with Crippen LogP contribution >= 0.6 is 0 Å². The van der Waals surface area contributed by atoms with Crippen LogP contribution in [-0.2, 0) is 0 Å². The number of pyridine rings is 4. The van der Waals surface area contributed by atoms with Gasteiger partial charge in [-0.15, -0.1) is 0 Å². The lowest BCUT2D eigenvalue weighted by molar-refractivity contribution is 0.733. The summed E-state index contributed by atoms with van der Waals surface area (Å²) in [5, 5.41) is 9.43. The predicted molar refractivity (Wildman–Crippen MR) is 273 cm³/mol. The molecule has 6 heterocycles. The SMILES string of the molecule is CC(C)c1ccc(C(C)C)nc1.CC(C)c1ccc(C(C)C)nc1.CC(C)c1ccc(C(C)C)nn1.CC(C)c1cnc(C(C)C)nc1.CC(C)c1cnc2nc(C(C)C)ccc2c1. The van der Waals surface area contributed by atoms with E-state index in [0.29, 0.717) is 59.2 Å². The molecule has 6 aromatic heterocycles. The molecule has 0 unspecified atom stereocenters. The first kappa shape index (κ1) is 55.2. The van der Waals surface area contributed by atoms with Gasteiger partial charge < -0.3 is 0 Å². The van der Waals surface area contributed by atoms with Crippen LogP contribution in [0.4, 0.5) is 0 Å². The second-order valence-electron chi connectivity index (χ2n) is 19.9. The van der Waals surface area contributed by atoms with Gasteiger partial charge in [-0.3, -0.25) is 9.97 Å². The highest BCUT2D eigenvalue weighted by Crippen LogP contribution is 2.22. The topological polar surface area (TPSA) is 103 Å².